The third-order valence-corrected chi connectivity index (χ3v) is 3.84. The van der Waals surface area contributed by atoms with E-state index in [2.05, 4.69) is 31.5 Å². The van der Waals surface area contributed by atoms with Crippen molar-refractivity contribution in [3.63, 3.8) is 0 Å². The van der Waals surface area contributed by atoms with Crippen LogP contribution in [0.5, 0.6) is 5.75 Å². The molecule has 108 valence electrons. The van der Waals surface area contributed by atoms with Gasteiger partial charge in [-0.25, -0.2) is 4.98 Å². The van der Waals surface area contributed by atoms with Gasteiger partial charge in [0.15, 0.2) is 0 Å². The number of nitrogens with one attached hydrogen (secondary N) is 1. The highest BCUT2D eigenvalue weighted by Gasteiger charge is 2.09. The summed E-state index contributed by atoms with van der Waals surface area (Å²) in [6, 6.07) is 8.03. The van der Waals surface area contributed by atoms with Gasteiger partial charge in [-0.1, -0.05) is 0 Å². The molecule has 0 fully saturated rings. The molecule has 0 radical (unpaired) electrons. The van der Waals surface area contributed by atoms with Gasteiger partial charge in [0.05, 0.1) is 17.8 Å². The van der Waals surface area contributed by atoms with Crippen molar-refractivity contribution in [2.45, 2.75) is 32.7 Å². The maximum absolute atomic E-state index is 5.17. The lowest BCUT2D eigenvalue weighted by Gasteiger charge is -2.19. The smallest absolute Gasteiger partial charge is 0.118 e. The van der Waals surface area contributed by atoms with Gasteiger partial charge in [-0.2, -0.15) is 0 Å². The molecule has 1 N–H and O–H groups in total. The summed E-state index contributed by atoms with van der Waals surface area (Å²) in [5, 5.41) is 6.78. The molecule has 1 aromatic carbocycles. The van der Waals surface area contributed by atoms with Crippen molar-refractivity contribution in [2.75, 3.05) is 13.7 Å². The van der Waals surface area contributed by atoms with Crippen LogP contribution >= 0.6 is 11.3 Å². The van der Waals surface area contributed by atoms with E-state index < -0.39 is 0 Å². The second kappa shape index (κ2) is 6.37. The van der Waals surface area contributed by atoms with E-state index in [1.165, 1.54) is 5.01 Å². The van der Waals surface area contributed by atoms with Gasteiger partial charge in [0.1, 0.15) is 5.75 Å². The van der Waals surface area contributed by atoms with Gasteiger partial charge >= 0.3 is 0 Å². The van der Waals surface area contributed by atoms with Gasteiger partial charge in [-0.05, 0) is 45.0 Å². The van der Waals surface area contributed by atoms with Crippen LogP contribution in [0.3, 0.4) is 0 Å². The van der Waals surface area contributed by atoms with Crippen LogP contribution in [0.15, 0.2) is 29.6 Å². The normalized spacial score (nSPS) is 11.6. The maximum Gasteiger partial charge on any atom is 0.118 e. The summed E-state index contributed by atoms with van der Waals surface area (Å²) in [6.07, 6.45) is 0.970. The average molecular weight is 290 g/mol. The molecule has 0 aliphatic rings. The average Bonchev–Trinajstić information content (AvgIpc) is 2.86. The molecular weight excluding hydrogens is 268 g/mol. The number of thiazole rings is 1. The molecule has 2 aromatic rings. The van der Waals surface area contributed by atoms with E-state index in [1.807, 2.05) is 24.3 Å². The predicted octanol–water partition coefficient (Wildman–Crippen LogP) is 3.75. The Morgan fingerprint density at radius 2 is 1.90 bits per heavy atom. The van der Waals surface area contributed by atoms with E-state index in [0.29, 0.717) is 0 Å². The summed E-state index contributed by atoms with van der Waals surface area (Å²) in [5.74, 6) is 0.874. The van der Waals surface area contributed by atoms with Gasteiger partial charge in [0.25, 0.3) is 0 Å². The highest BCUT2D eigenvalue weighted by atomic mass is 32.1. The minimum Gasteiger partial charge on any atom is -0.497 e. The fourth-order valence-corrected chi connectivity index (χ4v) is 2.67. The largest absolute Gasteiger partial charge is 0.497 e. The monoisotopic (exact) mass is 290 g/mol. The van der Waals surface area contributed by atoms with Crippen LogP contribution in [0.25, 0.3) is 11.3 Å². The van der Waals surface area contributed by atoms with Crippen molar-refractivity contribution < 1.29 is 4.74 Å². The molecule has 0 amide bonds. The molecule has 20 heavy (non-hydrogen) atoms. The number of hydrogen-bond donors (Lipinski definition) is 1. The Bertz CT molecular complexity index is 540. The van der Waals surface area contributed by atoms with Crippen LogP contribution < -0.4 is 10.1 Å². The third-order valence-electron chi connectivity index (χ3n) is 2.93. The fraction of sp³-hybridized carbons (Fsp3) is 0.438. The SMILES string of the molecule is COc1ccc(-c2csc(CCNC(C)(C)C)n2)cc1. The van der Waals surface area contributed by atoms with E-state index in [4.69, 9.17) is 9.72 Å². The van der Waals surface area contributed by atoms with Crippen LogP contribution in [0.2, 0.25) is 0 Å². The minimum absolute atomic E-state index is 0.163. The van der Waals surface area contributed by atoms with Crippen molar-refractivity contribution in [3.05, 3.63) is 34.7 Å². The number of benzene rings is 1. The number of rotatable bonds is 5. The molecule has 0 saturated carbocycles. The zero-order chi connectivity index (χ0) is 14.6. The number of nitrogens with zero attached hydrogens (tertiary/aromatic N) is 1. The molecule has 0 atom stereocenters. The topological polar surface area (TPSA) is 34.1 Å². The molecule has 0 spiro atoms. The summed E-state index contributed by atoms with van der Waals surface area (Å²) in [6.45, 7) is 7.49. The molecule has 2 rings (SSSR count). The van der Waals surface area contributed by atoms with Crippen LogP contribution in [0.1, 0.15) is 25.8 Å². The van der Waals surface area contributed by atoms with Gasteiger partial charge < -0.3 is 10.1 Å². The van der Waals surface area contributed by atoms with E-state index in [0.717, 1.165) is 30.0 Å². The third kappa shape index (κ3) is 4.32. The first-order chi connectivity index (χ1) is 9.48. The molecule has 0 saturated heterocycles. The Kier molecular flexibility index (Phi) is 4.78. The first-order valence-electron chi connectivity index (χ1n) is 6.82. The van der Waals surface area contributed by atoms with Crippen molar-refractivity contribution in [2.24, 2.45) is 0 Å². The first kappa shape index (κ1) is 15.0. The van der Waals surface area contributed by atoms with Crippen molar-refractivity contribution in [1.29, 1.82) is 0 Å². The summed E-state index contributed by atoms with van der Waals surface area (Å²) >= 11 is 1.72. The van der Waals surface area contributed by atoms with E-state index >= 15 is 0 Å². The highest BCUT2D eigenvalue weighted by molar-refractivity contribution is 7.09. The van der Waals surface area contributed by atoms with Crippen LogP contribution in [-0.4, -0.2) is 24.2 Å². The molecule has 1 aromatic heterocycles. The van der Waals surface area contributed by atoms with Gasteiger partial charge in [-0.3, -0.25) is 0 Å². The van der Waals surface area contributed by atoms with Crippen molar-refractivity contribution in [3.8, 4) is 17.0 Å². The molecule has 0 bridgehead atoms. The Morgan fingerprint density at radius 3 is 2.50 bits per heavy atom. The van der Waals surface area contributed by atoms with Crippen LogP contribution in [-0.2, 0) is 6.42 Å². The number of aromatic nitrogens is 1. The molecule has 0 unspecified atom stereocenters. The van der Waals surface area contributed by atoms with Crippen molar-refractivity contribution in [1.82, 2.24) is 10.3 Å². The van der Waals surface area contributed by atoms with Crippen LogP contribution in [0, 0.1) is 0 Å². The first-order valence-corrected chi connectivity index (χ1v) is 7.70. The summed E-state index contributed by atoms with van der Waals surface area (Å²) < 4.78 is 5.17. The van der Waals surface area contributed by atoms with Crippen LogP contribution in [0.4, 0.5) is 0 Å². The molecule has 0 aliphatic carbocycles. The lowest BCUT2D eigenvalue weighted by molar-refractivity contribution is 0.415. The highest BCUT2D eigenvalue weighted by Crippen LogP contribution is 2.24. The van der Waals surface area contributed by atoms with E-state index in [9.17, 15) is 0 Å². The van der Waals surface area contributed by atoms with Gasteiger partial charge in [-0.15, -0.1) is 11.3 Å². The Hall–Kier alpha value is -1.39. The fourth-order valence-electron chi connectivity index (χ4n) is 1.86. The standard InChI is InChI=1S/C16H22N2OS/c1-16(2,3)17-10-9-15-18-14(11-20-15)12-5-7-13(19-4)8-6-12/h5-8,11,17H,9-10H2,1-4H3. The zero-order valence-electron chi connectivity index (χ0n) is 12.6. The molecule has 1 heterocycles. The maximum atomic E-state index is 5.17. The Balaban J connectivity index is 1.97. The Morgan fingerprint density at radius 1 is 1.20 bits per heavy atom. The second-order valence-electron chi connectivity index (χ2n) is 5.78. The van der Waals surface area contributed by atoms with Gasteiger partial charge in [0, 0.05) is 29.4 Å². The lowest BCUT2D eigenvalue weighted by atomic mass is 10.1. The van der Waals surface area contributed by atoms with Crippen molar-refractivity contribution >= 4 is 11.3 Å². The Labute approximate surface area is 125 Å². The zero-order valence-corrected chi connectivity index (χ0v) is 13.4. The van der Waals surface area contributed by atoms with E-state index in [-0.39, 0.29) is 5.54 Å². The molecule has 3 nitrogen and oxygen atoms in total. The lowest BCUT2D eigenvalue weighted by Crippen LogP contribution is -2.37. The minimum atomic E-state index is 0.163. The van der Waals surface area contributed by atoms with E-state index in [1.54, 1.807) is 18.4 Å². The molecular formula is C16H22N2OS. The molecule has 4 heteroatoms. The quantitative estimate of drug-likeness (QED) is 0.910. The summed E-state index contributed by atoms with van der Waals surface area (Å²) in [7, 11) is 1.68. The predicted molar refractivity (Wildman–Crippen MR) is 85.6 cm³/mol. The summed E-state index contributed by atoms with van der Waals surface area (Å²) in [5.41, 5.74) is 2.34. The summed E-state index contributed by atoms with van der Waals surface area (Å²) in [4.78, 5) is 4.69. The number of ether oxygens (including phenoxy) is 1. The second-order valence-corrected chi connectivity index (χ2v) is 6.72. The number of hydrogen-bond acceptors (Lipinski definition) is 4. The van der Waals surface area contributed by atoms with Gasteiger partial charge in [0.2, 0.25) is 0 Å². The number of methoxy groups -OCH3 is 1. The molecule has 0 aliphatic heterocycles.